The van der Waals surface area contributed by atoms with Crippen LogP contribution in [-0.2, 0) is 27.1 Å². The molecule has 0 bridgehead atoms. The molecule has 0 aromatic carbocycles. The van der Waals surface area contributed by atoms with Crippen LogP contribution in [0.5, 0.6) is 0 Å². The zero-order valence-corrected chi connectivity index (χ0v) is 17.0. The average Bonchev–Trinajstić information content (AvgIpc) is 3.13. The predicted molar refractivity (Wildman–Crippen MR) is 103 cm³/mol. The first-order valence-electron chi connectivity index (χ1n) is 9.77. The SMILES string of the molecule is CCn1c(C2CCCN(C(=O)c3cc(CC(C)C)nn3C)C2)nn(C)c1=O. The predicted octanol–water partition coefficient (Wildman–Crippen LogP) is 1.55. The maximum absolute atomic E-state index is 13.1. The fraction of sp³-hybridized carbons (Fsp3) is 0.684. The molecule has 2 aromatic rings. The number of aryl methyl sites for hydroxylation is 2. The lowest BCUT2D eigenvalue weighted by Gasteiger charge is -2.32. The molecule has 0 spiro atoms. The zero-order chi connectivity index (χ0) is 19.7. The van der Waals surface area contributed by atoms with Gasteiger partial charge in [0.05, 0.1) is 5.69 Å². The lowest BCUT2D eigenvalue weighted by molar-refractivity contribution is 0.0692. The Bertz CT molecular complexity index is 875. The van der Waals surface area contributed by atoms with Crippen molar-refractivity contribution in [3.63, 3.8) is 0 Å². The van der Waals surface area contributed by atoms with E-state index in [2.05, 4.69) is 24.0 Å². The van der Waals surface area contributed by atoms with E-state index in [0.717, 1.165) is 37.3 Å². The Balaban J connectivity index is 1.80. The first-order valence-corrected chi connectivity index (χ1v) is 9.77. The summed E-state index contributed by atoms with van der Waals surface area (Å²) in [5.74, 6) is 1.37. The van der Waals surface area contributed by atoms with Crippen LogP contribution in [0.15, 0.2) is 10.9 Å². The number of rotatable bonds is 5. The normalized spacial score (nSPS) is 17.7. The van der Waals surface area contributed by atoms with Gasteiger partial charge in [-0.25, -0.2) is 9.48 Å². The third-order valence-corrected chi connectivity index (χ3v) is 5.19. The van der Waals surface area contributed by atoms with Crippen molar-refractivity contribution in [2.45, 2.75) is 52.5 Å². The van der Waals surface area contributed by atoms with Gasteiger partial charge in [0.25, 0.3) is 5.91 Å². The fourth-order valence-electron chi connectivity index (χ4n) is 3.90. The second kappa shape index (κ2) is 7.70. The van der Waals surface area contributed by atoms with Crippen LogP contribution >= 0.6 is 0 Å². The van der Waals surface area contributed by atoms with Crippen molar-refractivity contribution >= 4 is 5.91 Å². The number of amides is 1. The summed E-state index contributed by atoms with van der Waals surface area (Å²) in [6.07, 6.45) is 2.70. The first kappa shape index (κ1) is 19.4. The van der Waals surface area contributed by atoms with Gasteiger partial charge in [-0.2, -0.15) is 10.2 Å². The Labute approximate surface area is 159 Å². The van der Waals surface area contributed by atoms with E-state index < -0.39 is 0 Å². The molecule has 3 rings (SSSR count). The van der Waals surface area contributed by atoms with E-state index >= 15 is 0 Å². The van der Waals surface area contributed by atoms with Crippen LogP contribution in [0.2, 0.25) is 0 Å². The molecule has 1 aliphatic rings. The van der Waals surface area contributed by atoms with Gasteiger partial charge in [0.15, 0.2) is 0 Å². The molecule has 1 unspecified atom stereocenters. The quantitative estimate of drug-likeness (QED) is 0.796. The number of carbonyl (C=O) groups is 1. The molecule has 1 saturated heterocycles. The molecule has 0 saturated carbocycles. The number of hydrogen-bond acceptors (Lipinski definition) is 4. The monoisotopic (exact) mass is 374 g/mol. The Morgan fingerprint density at radius 3 is 2.67 bits per heavy atom. The van der Waals surface area contributed by atoms with E-state index in [-0.39, 0.29) is 17.5 Å². The van der Waals surface area contributed by atoms with Crippen molar-refractivity contribution in [3.05, 3.63) is 33.8 Å². The number of aromatic nitrogens is 5. The number of piperidine rings is 1. The minimum absolute atomic E-state index is 0.00559. The molecule has 148 valence electrons. The lowest BCUT2D eigenvalue weighted by atomic mass is 9.96. The molecule has 8 nitrogen and oxygen atoms in total. The first-order chi connectivity index (χ1) is 12.8. The highest BCUT2D eigenvalue weighted by Crippen LogP contribution is 2.26. The zero-order valence-electron chi connectivity index (χ0n) is 17.0. The molecule has 0 aliphatic carbocycles. The van der Waals surface area contributed by atoms with Gasteiger partial charge in [-0.3, -0.25) is 14.0 Å². The smallest absolute Gasteiger partial charge is 0.337 e. The van der Waals surface area contributed by atoms with Crippen LogP contribution in [0.4, 0.5) is 0 Å². The Morgan fingerprint density at radius 1 is 1.26 bits per heavy atom. The Morgan fingerprint density at radius 2 is 2.00 bits per heavy atom. The van der Waals surface area contributed by atoms with Gasteiger partial charge in [-0.1, -0.05) is 13.8 Å². The third kappa shape index (κ3) is 3.84. The molecule has 8 heteroatoms. The topological polar surface area (TPSA) is 78.0 Å². The molecule has 1 aliphatic heterocycles. The van der Waals surface area contributed by atoms with Gasteiger partial charge < -0.3 is 4.90 Å². The molecule has 3 heterocycles. The van der Waals surface area contributed by atoms with Crippen LogP contribution < -0.4 is 5.69 Å². The van der Waals surface area contributed by atoms with E-state index in [1.54, 1.807) is 16.3 Å². The summed E-state index contributed by atoms with van der Waals surface area (Å²) in [7, 11) is 3.50. The summed E-state index contributed by atoms with van der Waals surface area (Å²) in [5, 5.41) is 8.93. The van der Waals surface area contributed by atoms with Crippen LogP contribution in [0.1, 0.15) is 61.5 Å². The van der Waals surface area contributed by atoms with Crippen molar-refractivity contribution in [1.29, 1.82) is 0 Å². The van der Waals surface area contributed by atoms with Crippen LogP contribution in [0, 0.1) is 5.92 Å². The maximum Gasteiger partial charge on any atom is 0.345 e. The van der Waals surface area contributed by atoms with Crippen LogP contribution in [0.3, 0.4) is 0 Å². The van der Waals surface area contributed by atoms with Gasteiger partial charge in [-0.15, -0.1) is 0 Å². The van der Waals surface area contributed by atoms with E-state index in [1.165, 1.54) is 4.68 Å². The van der Waals surface area contributed by atoms with Crippen molar-refractivity contribution in [2.24, 2.45) is 20.0 Å². The third-order valence-electron chi connectivity index (χ3n) is 5.19. The fourth-order valence-corrected chi connectivity index (χ4v) is 3.90. The maximum atomic E-state index is 13.1. The molecule has 2 aromatic heterocycles. The number of hydrogen-bond donors (Lipinski definition) is 0. The number of carbonyl (C=O) groups excluding carboxylic acids is 1. The average molecular weight is 374 g/mol. The minimum atomic E-state index is -0.0964. The molecule has 1 atom stereocenters. The molecule has 0 radical (unpaired) electrons. The van der Waals surface area contributed by atoms with E-state index in [4.69, 9.17) is 0 Å². The Hall–Kier alpha value is -2.38. The van der Waals surface area contributed by atoms with Crippen molar-refractivity contribution in [2.75, 3.05) is 13.1 Å². The largest absolute Gasteiger partial charge is 0.345 e. The number of likely N-dealkylation sites (tertiary alicyclic amines) is 1. The van der Waals surface area contributed by atoms with Crippen molar-refractivity contribution < 1.29 is 4.79 Å². The lowest BCUT2D eigenvalue weighted by Crippen LogP contribution is -2.40. The molecular formula is C19H30N6O2. The van der Waals surface area contributed by atoms with Crippen molar-refractivity contribution in [3.8, 4) is 0 Å². The van der Waals surface area contributed by atoms with Gasteiger partial charge in [0, 0.05) is 39.6 Å². The molecule has 1 amide bonds. The van der Waals surface area contributed by atoms with E-state index in [9.17, 15) is 9.59 Å². The molecule has 27 heavy (non-hydrogen) atoms. The van der Waals surface area contributed by atoms with Gasteiger partial charge >= 0.3 is 5.69 Å². The second-order valence-corrected chi connectivity index (χ2v) is 7.84. The summed E-state index contributed by atoms with van der Waals surface area (Å²) < 4.78 is 4.79. The van der Waals surface area contributed by atoms with Crippen LogP contribution in [-0.4, -0.2) is 48.0 Å². The second-order valence-electron chi connectivity index (χ2n) is 7.84. The highest BCUT2D eigenvalue weighted by atomic mass is 16.2. The Kier molecular flexibility index (Phi) is 5.53. The van der Waals surface area contributed by atoms with Gasteiger partial charge in [0.1, 0.15) is 11.5 Å². The summed E-state index contributed by atoms with van der Waals surface area (Å²) in [6, 6.07) is 1.91. The van der Waals surface area contributed by atoms with Crippen LogP contribution in [0.25, 0.3) is 0 Å². The van der Waals surface area contributed by atoms with E-state index in [0.29, 0.717) is 24.7 Å². The molecule has 1 fully saturated rings. The number of nitrogens with zero attached hydrogens (tertiary/aromatic N) is 6. The summed E-state index contributed by atoms with van der Waals surface area (Å²) in [6.45, 7) is 8.14. The summed E-state index contributed by atoms with van der Waals surface area (Å²) in [4.78, 5) is 27.2. The molecular weight excluding hydrogens is 344 g/mol. The standard InChI is InChI=1S/C19H30N6O2/c1-6-25-17(21-23(5)19(25)27)14-8-7-9-24(12-14)18(26)16-11-15(10-13(2)3)20-22(16)4/h11,13-14H,6-10,12H2,1-5H3. The van der Waals surface area contributed by atoms with Crippen molar-refractivity contribution in [1.82, 2.24) is 29.0 Å². The highest BCUT2D eigenvalue weighted by Gasteiger charge is 2.30. The minimum Gasteiger partial charge on any atom is -0.337 e. The van der Waals surface area contributed by atoms with Gasteiger partial charge in [0.2, 0.25) is 0 Å². The highest BCUT2D eigenvalue weighted by molar-refractivity contribution is 5.92. The molecule has 0 N–H and O–H groups in total. The van der Waals surface area contributed by atoms with E-state index in [1.807, 2.05) is 24.9 Å². The summed E-state index contributed by atoms with van der Waals surface area (Å²) in [5.41, 5.74) is 1.48. The summed E-state index contributed by atoms with van der Waals surface area (Å²) >= 11 is 0. The van der Waals surface area contributed by atoms with Gasteiger partial charge in [-0.05, 0) is 38.2 Å².